The van der Waals surface area contributed by atoms with E-state index < -0.39 is 0 Å². The molecule has 0 aliphatic rings. The van der Waals surface area contributed by atoms with Gasteiger partial charge in [-0.15, -0.1) is 11.3 Å². The first-order valence-corrected chi connectivity index (χ1v) is 15.4. The zero-order chi connectivity index (χ0) is 28.8. The Kier molecular flexibility index (Phi) is 4.81. The van der Waals surface area contributed by atoms with Crippen LogP contribution in [0.15, 0.2) is 134 Å². The number of hydrogen-bond donors (Lipinski definition) is 0. The van der Waals surface area contributed by atoms with Gasteiger partial charge in [0.15, 0.2) is 0 Å². The predicted octanol–water partition coefficient (Wildman–Crippen LogP) is 10.3. The number of nitrogens with zero attached hydrogens (tertiary/aromatic N) is 4. The first kappa shape index (κ1) is 23.8. The number of aromatic nitrogens is 4. The average Bonchev–Trinajstić information content (AvgIpc) is 3.80. The van der Waals surface area contributed by atoms with E-state index in [9.17, 15) is 0 Å². The van der Waals surface area contributed by atoms with Crippen molar-refractivity contribution in [2.45, 2.75) is 0 Å². The van der Waals surface area contributed by atoms with Gasteiger partial charge in [0.05, 0.1) is 16.6 Å². The van der Waals surface area contributed by atoms with Crippen molar-refractivity contribution in [2.75, 3.05) is 0 Å². The molecule has 0 fully saturated rings. The van der Waals surface area contributed by atoms with Crippen molar-refractivity contribution >= 4 is 80.6 Å². The van der Waals surface area contributed by atoms with E-state index in [1.807, 2.05) is 42.1 Å². The number of ether oxygens (including phenoxy) is 1. The Labute approximate surface area is 254 Å². The highest BCUT2D eigenvalue weighted by Gasteiger charge is 2.22. The molecule has 10 aromatic rings. The molecule has 0 amide bonds. The summed E-state index contributed by atoms with van der Waals surface area (Å²) in [5.74, 6) is 2.47. The summed E-state index contributed by atoms with van der Waals surface area (Å²) in [4.78, 5) is 9.49. The van der Waals surface area contributed by atoms with Gasteiger partial charge in [0, 0.05) is 66.4 Å². The molecule has 5 nitrogen and oxygen atoms in total. The lowest BCUT2D eigenvalue weighted by Gasteiger charge is -2.13. The second-order valence-electron chi connectivity index (χ2n) is 11.1. The fourth-order valence-electron chi connectivity index (χ4n) is 6.85. The molecule has 6 heteroatoms. The third kappa shape index (κ3) is 3.23. The minimum atomic E-state index is 0.772. The van der Waals surface area contributed by atoms with E-state index in [1.54, 1.807) is 0 Å². The first-order chi connectivity index (χ1) is 21.8. The zero-order valence-corrected chi connectivity index (χ0v) is 24.1. The number of rotatable bonds is 3. The van der Waals surface area contributed by atoms with Gasteiger partial charge in [-0.2, -0.15) is 0 Å². The fourth-order valence-corrected chi connectivity index (χ4v) is 8.13. The van der Waals surface area contributed by atoms with Gasteiger partial charge in [-0.1, -0.05) is 60.7 Å². The summed E-state index contributed by atoms with van der Waals surface area (Å²) in [6.45, 7) is 0. The molecule has 0 atom stereocenters. The summed E-state index contributed by atoms with van der Waals surface area (Å²) >= 11 is 1.82. The minimum absolute atomic E-state index is 0.772. The second kappa shape index (κ2) is 8.89. The van der Waals surface area contributed by atoms with Crippen LogP contribution in [0.5, 0.6) is 11.5 Å². The summed E-state index contributed by atoms with van der Waals surface area (Å²) in [5.41, 5.74) is 4.25. The van der Waals surface area contributed by atoms with Gasteiger partial charge < -0.3 is 4.74 Å². The molecular formula is C38H22N4OS. The summed E-state index contributed by atoms with van der Waals surface area (Å²) in [6, 6.07) is 40.3. The maximum Gasteiger partial charge on any atom is 0.145 e. The van der Waals surface area contributed by atoms with Crippen LogP contribution < -0.4 is 4.74 Å². The van der Waals surface area contributed by atoms with Gasteiger partial charge in [-0.25, -0.2) is 9.97 Å². The SMILES string of the molecule is c1ccc(-n2c3ccccc3c3c4sc5ccccc5c4c(Oc4ccc5c6ccccc6n6ccnc6c5c4)cc32)nc1. The van der Waals surface area contributed by atoms with E-state index in [-0.39, 0.29) is 0 Å². The van der Waals surface area contributed by atoms with Crippen molar-refractivity contribution in [3.05, 3.63) is 134 Å². The monoisotopic (exact) mass is 582 g/mol. The molecule has 0 N–H and O–H groups in total. The number of fused-ring (bicyclic) bond motifs is 13. The summed E-state index contributed by atoms with van der Waals surface area (Å²) in [7, 11) is 0. The van der Waals surface area contributed by atoms with Gasteiger partial charge in [-0.3, -0.25) is 8.97 Å². The Hall–Kier alpha value is -5.72. The quantitative estimate of drug-likeness (QED) is 0.195. The first-order valence-electron chi connectivity index (χ1n) is 14.6. The van der Waals surface area contributed by atoms with Crippen LogP contribution in [-0.2, 0) is 0 Å². The van der Waals surface area contributed by atoms with Crippen LogP contribution >= 0.6 is 11.3 Å². The van der Waals surface area contributed by atoms with Crippen LogP contribution in [0.2, 0.25) is 0 Å². The highest BCUT2D eigenvalue weighted by molar-refractivity contribution is 7.26. The van der Waals surface area contributed by atoms with Crippen molar-refractivity contribution in [1.82, 2.24) is 18.9 Å². The van der Waals surface area contributed by atoms with E-state index in [1.165, 1.54) is 30.9 Å². The molecule has 5 aromatic carbocycles. The van der Waals surface area contributed by atoms with Gasteiger partial charge in [0.2, 0.25) is 0 Å². The normalized spacial score (nSPS) is 12.1. The smallest absolute Gasteiger partial charge is 0.145 e. The number of hydrogen-bond acceptors (Lipinski definition) is 4. The van der Waals surface area contributed by atoms with E-state index in [2.05, 4.69) is 112 Å². The Morgan fingerprint density at radius 1 is 0.568 bits per heavy atom. The molecule has 0 bridgehead atoms. The van der Waals surface area contributed by atoms with Crippen LogP contribution in [-0.4, -0.2) is 18.9 Å². The van der Waals surface area contributed by atoms with Crippen molar-refractivity contribution in [1.29, 1.82) is 0 Å². The number of thiophene rings is 1. The van der Waals surface area contributed by atoms with Crippen molar-refractivity contribution < 1.29 is 4.74 Å². The van der Waals surface area contributed by atoms with E-state index in [4.69, 9.17) is 14.7 Å². The number of imidazole rings is 1. The Morgan fingerprint density at radius 3 is 2.25 bits per heavy atom. The lowest BCUT2D eigenvalue weighted by atomic mass is 10.1. The van der Waals surface area contributed by atoms with Gasteiger partial charge in [0.1, 0.15) is 23.0 Å². The Bertz CT molecular complexity index is 2750. The van der Waals surface area contributed by atoms with Crippen LogP contribution in [0.4, 0.5) is 0 Å². The molecule has 5 heterocycles. The molecule has 5 aromatic heterocycles. The highest BCUT2D eigenvalue weighted by Crippen LogP contribution is 2.48. The molecule has 10 rings (SSSR count). The molecule has 0 radical (unpaired) electrons. The van der Waals surface area contributed by atoms with E-state index in [0.29, 0.717) is 0 Å². The average molecular weight is 583 g/mol. The molecule has 0 spiro atoms. The number of pyridine rings is 2. The molecule has 0 unspecified atom stereocenters. The molecule has 0 aliphatic carbocycles. The summed E-state index contributed by atoms with van der Waals surface area (Å²) in [6.07, 6.45) is 5.73. The molecule has 44 heavy (non-hydrogen) atoms. The van der Waals surface area contributed by atoms with Crippen LogP contribution in [0.1, 0.15) is 0 Å². The third-order valence-electron chi connectivity index (χ3n) is 8.68. The van der Waals surface area contributed by atoms with Gasteiger partial charge in [0.25, 0.3) is 0 Å². The standard InChI is InChI=1S/C38H22N4OS/c1-4-12-29-25(9-1)24-17-16-23(21-28(24)38-40-19-20-41(29)38)43-32-22-31-35(37-36(32)27-11-3-6-14-33(27)44-37)26-10-2-5-13-30(26)42(31)34-15-7-8-18-39-34/h1-22H. The van der Waals surface area contributed by atoms with Crippen LogP contribution in [0.25, 0.3) is 75.1 Å². The van der Waals surface area contributed by atoms with Crippen molar-refractivity contribution in [3.8, 4) is 17.3 Å². The van der Waals surface area contributed by atoms with Crippen molar-refractivity contribution in [2.24, 2.45) is 0 Å². The van der Waals surface area contributed by atoms with Gasteiger partial charge in [-0.05, 0) is 53.9 Å². The lowest BCUT2D eigenvalue weighted by Crippen LogP contribution is -1.96. The van der Waals surface area contributed by atoms with Gasteiger partial charge >= 0.3 is 0 Å². The van der Waals surface area contributed by atoms with Crippen LogP contribution in [0.3, 0.4) is 0 Å². The maximum atomic E-state index is 6.93. The Balaban J connectivity index is 1.29. The summed E-state index contributed by atoms with van der Waals surface area (Å²) < 4.78 is 13.8. The fraction of sp³-hybridized carbons (Fsp3) is 0. The third-order valence-corrected chi connectivity index (χ3v) is 9.87. The lowest BCUT2D eigenvalue weighted by molar-refractivity contribution is 0.490. The van der Waals surface area contributed by atoms with E-state index >= 15 is 0 Å². The zero-order valence-electron chi connectivity index (χ0n) is 23.3. The maximum absolute atomic E-state index is 6.93. The number of para-hydroxylation sites is 2. The molecule has 0 saturated heterocycles. The topological polar surface area (TPSA) is 44.4 Å². The molecular weight excluding hydrogens is 561 g/mol. The Morgan fingerprint density at radius 2 is 1.36 bits per heavy atom. The molecule has 0 aliphatic heterocycles. The van der Waals surface area contributed by atoms with Crippen molar-refractivity contribution in [3.63, 3.8) is 0 Å². The predicted molar refractivity (Wildman–Crippen MR) is 182 cm³/mol. The minimum Gasteiger partial charge on any atom is -0.457 e. The number of benzene rings is 5. The molecule has 206 valence electrons. The summed E-state index contributed by atoms with van der Waals surface area (Å²) in [5, 5.41) is 8.15. The highest BCUT2D eigenvalue weighted by atomic mass is 32.1. The van der Waals surface area contributed by atoms with Crippen LogP contribution in [0, 0.1) is 0 Å². The molecule has 0 saturated carbocycles. The van der Waals surface area contributed by atoms with E-state index in [0.717, 1.165) is 55.7 Å². The second-order valence-corrected chi connectivity index (χ2v) is 12.1. The largest absolute Gasteiger partial charge is 0.457 e.